The van der Waals surface area contributed by atoms with Gasteiger partial charge in [-0.15, -0.1) is 0 Å². The molecular formula is C11H21NO. The van der Waals surface area contributed by atoms with Crippen LogP contribution in [0, 0.1) is 17.3 Å². The summed E-state index contributed by atoms with van der Waals surface area (Å²) >= 11 is 0. The summed E-state index contributed by atoms with van der Waals surface area (Å²) in [7, 11) is 2.02. The van der Waals surface area contributed by atoms with Gasteiger partial charge in [-0.25, -0.2) is 0 Å². The Morgan fingerprint density at radius 1 is 1.15 bits per heavy atom. The van der Waals surface area contributed by atoms with Crippen molar-refractivity contribution in [2.24, 2.45) is 17.3 Å². The molecule has 0 radical (unpaired) electrons. The lowest BCUT2D eigenvalue weighted by Crippen LogP contribution is -2.56. The van der Waals surface area contributed by atoms with Gasteiger partial charge in [-0.05, 0) is 38.1 Å². The third kappa shape index (κ3) is 0.861. The van der Waals surface area contributed by atoms with Gasteiger partial charge in [0.25, 0.3) is 0 Å². The van der Waals surface area contributed by atoms with E-state index in [0.29, 0.717) is 11.8 Å². The monoisotopic (exact) mass is 183 g/mol. The molecule has 0 unspecified atom stereocenters. The van der Waals surface area contributed by atoms with Gasteiger partial charge in [0.05, 0.1) is 6.10 Å². The average molecular weight is 183 g/mol. The lowest BCUT2D eigenvalue weighted by molar-refractivity contribution is 0.0719. The lowest BCUT2D eigenvalue weighted by Gasteiger charge is -2.47. The summed E-state index contributed by atoms with van der Waals surface area (Å²) in [6.07, 6.45) is 2.32. The minimum atomic E-state index is -0.0764. The molecule has 2 saturated carbocycles. The summed E-state index contributed by atoms with van der Waals surface area (Å²) in [6.45, 7) is 6.84. The number of fused-ring (bicyclic) bond motifs is 2. The van der Waals surface area contributed by atoms with E-state index in [1.165, 1.54) is 12.8 Å². The van der Waals surface area contributed by atoms with E-state index < -0.39 is 0 Å². The molecule has 2 bridgehead atoms. The van der Waals surface area contributed by atoms with Gasteiger partial charge < -0.3 is 10.4 Å². The maximum absolute atomic E-state index is 10.1. The van der Waals surface area contributed by atoms with Crippen LogP contribution >= 0.6 is 0 Å². The summed E-state index contributed by atoms with van der Waals surface area (Å²) < 4.78 is 0. The first-order valence-electron chi connectivity index (χ1n) is 5.32. The molecule has 2 rings (SSSR count). The summed E-state index contributed by atoms with van der Waals surface area (Å²) in [4.78, 5) is 0. The molecule has 0 aromatic rings. The average Bonchev–Trinajstić information content (AvgIpc) is 2.50. The molecule has 2 aliphatic carbocycles. The van der Waals surface area contributed by atoms with E-state index >= 15 is 0 Å². The van der Waals surface area contributed by atoms with Gasteiger partial charge in [0.1, 0.15) is 0 Å². The van der Waals surface area contributed by atoms with Crippen molar-refractivity contribution in [2.75, 3.05) is 7.05 Å². The van der Waals surface area contributed by atoms with Crippen molar-refractivity contribution in [1.82, 2.24) is 5.32 Å². The molecule has 2 fully saturated rings. The van der Waals surface area contributed by atoms with E-state index in [2.05, 4.69) is 26.1 Å². The van der Waals surface area contributed by atoms with E-state index in [1.54, 1.807) is 0 Å². The Kier molecular flexibility index (Phi) is 1.81. The van der Waals surface area contributed by atoms with Gasteiger partial charge >= 0.3 is 0 Å². The van der Waals surface area contributed by atoms with Gasteiger partial charge in [0.2, 0.25) is 0 Å². The standard InChI is InChI=1S/C11H21NO/c1-10(2)7-5-6-8(9(7)13)11(10,3)12-4/h7-9,12-13H,5-6H2,1-4H3/t7-,8+,9-,11-/m1/s1. The maximum atomic E-state index is 10.1. The highest BCUT2D eigenvalue weighted by atomic mass is 16.3. The lowest BCUT2D eigenvalue weighted by atomic mass is 9.64. The number of hydrogen-bond donors (Lipinski definition) is 2. The van der Waals surface area contributed by atoms with Gasteiger partial charge in [-0.3, -0.25) is 0 Å². The Bertz CT molecular complexity index is 226. The smallest absolute Gasteiger partial charge is 0.0620 e. The van der Waals surface area contributed by atoms with E-state index in [9.17, 15) is 5.11 Å². The van der Waals surface area contributed by atoms with Crippen LogP contribution in [0.4, 0.5) is 0 Å². The molecule has 13 heavy (non-hydrogen) atoms. The molecule has 0 saturated heterocycles. The first-order chi connectivity index (χ1) is 5.95. The second kappa shape index (κ2) is 2.48. The van der Waals surface area contributed by atoms with Gasteiger partial charge in [0.15, 0.2) is 0 Å². The van der Waals surface area contributed by atoms with Gasteiger partial charge in [-0.1, -0.05) is 13.8 Å². The normalized spacial score (nSPS) is 52.8. The quantitative estimate of drug-likeness (QED) is 0.644. The summed E-state index contributed by atoms with van der Waals surface area (Å²) in [5.41, 5.74) is 0.347. The molecule has 0 aromatic carbocycles. The van der Waals surface area contributed by atoms with Crippen molar-refractivity contribution < 1.29 is 5.11 Å². The van der Waals surface area contributed by atoms with Crippen LogP contribution in [-0.4, -0.2) is 23.8 Å². The highest BCUT2D eigenvalue weighted by molar-refractivity contribution is 5.17. The maximum Gasteiger partial charge on any atom is 0.0620 e. The fourth-order valence-corrected chi connectivity index (χ4v) is 3.77. The zero-order valence-electron chi connectivity index (χ0n) is 9.09. The first kappa shape index (κ1) is 9.47. The molecular weight excluding hydrogens is 162 g/mol. The molecule has 0 aromatic heterocycles. The summed E-state index contributed by atoms with van der Waals surface area (Å²) in [5, 5.41) is 13.5. The highest BCUT2D eigenvalue weighted by Crippen LogP contribution is 2.60. The van der Waals surface area contributed by atoms with E-state index in [1.807, 2.05) is 7.05 Å². The Morgan fingerprint density at radius 3 is 2.00 bits per heavy atom. The van der Waals surface area contributed by atoms with Crippen molar-refractivity contribution in [3.8, 4) is 0 Å². The van der Waals surface area contributed by atoms with Crippen LogP contribution in [0.25, 0.3) is 0 Å². The SMILES string of the molecule is CN[C@]1(C)[C@H]2CC[C@H]([C@H]2O)C1(C)C. The number of hydrogen-bond acceptors (Lipinski definition) is 2. The fourth-order valence-electron chi connectivity index (χ4n) is 3.77. The second-order valence-electron chi connectivity index (χ2n) is 5.45. The predicted molar refractivity (Wildman–Crippen MR) is 53.5 cm³/mol. The molecule has 76 valence electrons. The first-order valence-corrected chi connectivity index (χ1v) is 5.32. The van der Waals surface area contributed by atoms with Gasteiger partial charge in [-0.2, -0.15) is 0 Å². The Balaban J connectivity index is 2.40. The van der Waals surface area contributed by atoms with Crippen LogP contribution in [0.1, 0.15) is 33.6 Å². The number of nitrogens with one attached hydrogen (secondary N) is 1. The van der Waals surface area contributed by atoms with Crippen molar-refractivity contribution in [1.29, 1.82) is 0 Å². The molecule has 0 heterocycles. The highest BCUT2D eigenvalue weighted by Gasteiger charge is 2.64. The van der Waals surface area contributed by atoms with Crippen molar-refractivity contribution >= 4 is 0 Å². The summed E-state index contributed by atoms with van der Waals surface area (Å²) in [6, 6.07) is 0. The Labute approximate surface area is 80.7 Å². The predicted octanol–water partition coefficient (Wildman–Crippen LogP) is 1.39. The second-order valence-corrected chi connectivity index (χ2v) is 5.45. The van der Waals surface area contributed by atoms with Crippen LogP contribution < -0.4 is 5.32 Å². The fraction of sp³-hybridized carbons (Fsp3) is 1.00. The van der Waals surface area contributed by atoms with Crippen LogP contribution in [0.15, 0.2) is 0 Å². The molecule has 0 spiro atoms. The number of rotatable bonds is 1. The van der Waals surface area contributed by atoms with Crippen molar-refractivity contribution in [3.63, 3.8) is 0 Å². The number of aliphatic hydroxyl groups is 1. The summed E-state index contributed by atoms with van der Waals surface area (Å²) in [5.74, 6) is 0.951. The molecule has 2 N–H and O–H groups in total. The molecule has 0 aliphatic heterocycles. The van der Waals surface area contributed by atoms with Gasteiger partial charge in [0, 0.05) is 11.5 Å². The van der Waals surface area contributed by atoms with E-state index in [-0.39, 0.29) is 17.1 Å². The third-order valence-electron chi connectivity index (χ3n) is 5.14. The zero-order chi connectivity index (χ0) is 9.85. The van der Waals surface area contributed by atoms with Crippen LogP contribution in [0.5, 0.6) is 0 Å². The van der Waals surface area contributed by atoms with E-state index in [4.69, 9.17) is 0 Å². The Morgan fingerprint density at radius 2 is 1.69 bits per heavy atom. The molecule has 0 amide bonds. The molecule has 2 nitrogen and oxygen atoms in total. The topological polar surface area (TPSA) is 32.3 Å². The van der Waals surface area contributed by atoms with Crippen LogP contribution in [0.2, 0.25) is 0 Å². The third-order valence-corrected chi connectivity index (χ3v) is 5.14. The van der Waals surface area contributed by atoms with Crippen LogP contribution in [-0.2, 0) is 0 Å². The Hall–Kier alpha value is -0.0800. The van der Waals surface area contributed by atoms with Crippen molar-refractivity contribution in [3.05, 3.63) is 0 Å². The minimum absolute atomic E-state index is 0.0764. The minimum Gasteiger partial charge on any atom is -0.392 e. The molecule has 2 heteroatoms. The zero-order valence-corrected chi connectivity index (χ0v) is 9.09. The molecule has 4 atom stereocenters. The van der Waals surface area contributed by atoms with Crippen molar-refractivity contribution in [2.45, 2.75) is 45.3 Å². The van der Waals surface area contributed by atoms with E-state index in [0.717, 1.165) is 0 Å². The number of aliphatic hydroxyl groups excluding tert-OH is 1. The molecule has 2 aliphatic rings. The van der Waals surface area contributed by atoms with Crippen LogP contribution in [0.3, 0.4) is 0 Å². The largest absolute Gasteiger partial charge is 0.392 e.